The Balaban J connectivity index is 2.57. The molecule has 106 valence electrons. The lowest BCUT2D eigenvalue weighted by atomic mass is 10.1. The van der Waals surface area contributed by atoms with Crippen LogP contribution in [-0.2, 0) is 0 Å². The van der Waals surface area contributed by atoms with Gasteiger partial charge in [-0.05, 0) is 71.2 Å². The number of unbranched alkanes of at least 4 members (excludes halogenated alkanes) is 1. The minimum atomic E-state index is -4.24. The molecule has 2 rings (SSSR count). The second-order valence-corrected chi connectivity index (χ2v) is 10.1. The Morgan fingerprint density at radius 3 is 2.53 bits per heavy atom. The van der Waals surface area contributed by atoms with E-state index in [9.17, 15) is 13.2 Å². The first kappa shape index (κ1) is 15.0. The lowest BCUT2D eigenvalue weighted by Crippen LogP contribution is -2.16. The monoisotopic (exact) mass is 352 g/mol. The van der Waals surface area contributed by atoms with Crippen LogP contribution in [0, 0.1) is 6.92 Å². The maximum absolute atomic E-state index is 13.6. The molecule has 5 heteroatoms. The van der Waals surface area contributed by atoms with Crippen LogP contribution in [-0.4, -0.2) is 5.51 Å². The van der Waals surface area contributed by atoms with Gasteiger partial charge >= 0.3 is 5.51 Å². The average molecular weight is 353 g/mol. The van der Waals surface area contributed by atoms with Gasteiger partial charge in [0.05, 0.1) is 0 Å². The van der Waals surface area contributed by atoms with E-state index in [0.29, 0.717) is 16.2 Å². The van der Waals surface area contributed by atoms with Gasteiger partial charge in [-0.1, -0.05) is 25.5 Å². The summed E-state index contributed by atoms with van der Waals surface area (Å²) in [4.78, 5) is 0.914. The molecule has 0 N–H and O–H groups in total. The third kappa shape index (κ3) is 2.35. The minimum Gasteiger partial charge on any atom is -0.160 e. The topological polar surface area (TPSA) is 0 Å². The van der Waals surface area contributed by atoms with Crippen LogP contribution in [0.15, 0.2) is 28.0 Å². The Hall–Kier alpha value is -0.420. The largest absolute Gasteiger partial charge is 0.442 e. The predicted octanol–water partition coefficient (Wildman–Crippen LogP) is 6.53. The van der Waals surface area contributed by atoms with Gasteiger partial charge in [-0.2, -0.15) is 13.2 Å². The highest BCUT2D eigenvalue weighted by Gasteiger charge is 2.55. The fraction of sp³-hybridized carbons (Fsp3) is 0.429. The van der Waals surface area contributed by atoms with Crippen LogP contribution in [0.1, 0.15) is 37.3 Å². The molecule has 0 amide bonds. The molecule has 0 bridgehead atoms. The van der Waals surface area contributed by atoms with E-state index < -0.39 is 14.0 Å². The van der Waals surface area contributed by atoms with Crippen molar-refractivity contribution in [2.75, 3.05) is 0 Å². The van der Waals surface area contributed by atoms with Gasteiger partial charge in [0.15, 0.2) is 0 Å². The van der Waals surface area contributed by atoms with Crippen molar-refractivity contribution in [3.63, 3.8) is 0 Å². The summed E-state index contributed by atoms with van der Waals surface area (Å²) in [6.45, 7) is 3.86. The Kier molecular flexibility index (Phi) is 4.07. The summed E-state index contributed by atoms with van der Waals surface area (Å²) < 4.78 is 40.7. The Labute approximate surface area is 120 Å². The standard InChI is InChI=1S/C14H16BrF3S/c1-3-4-7-11-9-12-10(2)6-5-8-13(12)19(11,15)14(16,17)18/h5-6,8-9H,3-4,7H2,1-2H3. The third-order valence-electron chi connectivity index (χ3n) is 3.35. The van der Waals surface area contributed by atoms with Crippen molar-refractivity contribution >= 4 is 29.4 Å². The van der Waals surface area contributed by atoms with Crippen molar-refractivity contribution < 1.29 is 13.2 Å². The molecular formula is C14H16BrF3S. The van der Waals surface area contributed by atoms with Crippen molar-refractivity contribution in [3.05, 3.63) is 34.2 Å². The normalized spacial score (nSPS) is 25.7. The number of hydrogen-bond donors (Lipinski definition) is 0. The molecule has 0 fully saturated rings. The number of rotatable bonds is 3. The number of aryl methyl sites for hydroxylation is 1. The molecule has 1 atom stereocenters. The highest BCUT2D eigenvalue weighted by atomic mass is 79.9. The van der Waals surface area contributed by atoms with E-state index in [-0.39, 0.29) is 0 Å². The van der Waals surface area contributed by atoms with Gasteiger partial charge < -0.3 is 0 Å². The van der Waals surface area contributed by atoms with E-state index in [0.717, 1.165) is 24.0 Å². The molecule has 0 aliphatic carbocycles. The number of halogens is 4. The molecule has 0 spiro atoms. The van der Waals surface area contributed by atoms with E-state index in [1.165, 1.54) is 0 Å². The molecule has 0 saturated heterocycles. The molecule has 0 aromatic heterocycles. The molecule has 1 aromatic carbocycles. The fourth-order valence-electron chi connectivity index (χ4n) is 2.30. The van der Waals surface area contributed by atoms with E-state index in [1.807, 2.05) is 19.9 Å². The molecule has 0 nitrogen and oxygen atoms in total. The quantitative estimate of drug-likeness (QED) is 0.579. The van der Waals surface area contributed by atoms with E-state index >= 15 is 0 Å². The molecule has 0 radical (unpaired) electrons. The molecular weight excluding hydrogens is 337 g/mol. The highest BCUT2D eigenvalue weighted by Crippen LogP contribution is 2.81. The van der Waals surface area contributed by atoms with Gasteiger partial charge in [0.25, 0.3) is 0 Å². The van der Waals surface area contributed by atoms with Crippen LogP contribution < -0.4 is 0 Å². The number of fused-ring (bicyclic) bond motifs is 1. The average Bonchev–Trinajstić information content (AvgIpc) is 2.63. The molecule has 1 aromatic rings. The summed E-state index contributed by atoms with van der Waals surface area (Å²) >= 11 is 3.09. The number of alkyl halides is 3. The van der Waals surface area contributed by atoms with Gasteiger partial charge in [0.2, 0.25) is 0 Å². The van der Waals surface area contributed by atoms with Crippen molar-refractivity contribution in [1.82, 2.24) is 0 Å². The molecule has 19 heavy (non-hydrogen) atoms. The predicted molar refractivity (Wildman–Crippen MR) is 79.5 cm³/mol. The smallest absolute Gasteiger partial charge is 0.160 e. The first-order valence-corrected chi connectivity index (χ1v) is 9.69. The van der Waals surface area contributed by atoms with Crippen LogP contribution >= 0.6 is 23.3 Å². The van der Waals surface area contributed by atoms with Gasteiger partial charge in [0, 0.05) is 4.90 Å². The van der Waals surface area contributed by atoms with E-state index in [4.69, 9.17) is 0 Å². The molecule has 1 unspecified atom stereocenters. The summed E-state index contributed by atoms with van der Waals surface area (Å²) in [6, 6.07) is 5.18. The first-order valence-electron chi connectivity index (χ1n) is 6.22. The van der Waals surface area contributed by atoms with Crippen LogP contribution in [0.4, 0.5) is 13.2 Å². The first-order chi connectivity index (χ1) is 8.82. The van der Waals surface area contributed by atoms with Gasteiger partial charge in [-0.3, -0.25) is 0 Å². The second kappa shape index (κ2) is 5.17. The van der Waals surface area contributed by atoms with Crippen molar-refractivity contribution in [3.8, 4) is 0 Å². The number of hydrogen-bond acceptors (Lipinski definition) is 0. The van der Waals surface area contributed by atoms with Crippen LogP contribution in [0.25, 0.3) is 6.08 Å². The SMILES string of the molecule is CCCCC1=Cc2c(C)cccc2S1(Br)C(F)(F)F. The summed E-state index contributed by atoms with van der Waals surface area (Å²) in [5, 5.41) is 0. The fourth-order valence-corrected chi connectivity index (χ4v) is 6.24. The Bertz CT molecular complexity index is 522. The van der Waals surface area contributed by atoms with Crippen molar-refractivity contribution in [1.29, 1.82) is 0 Å². The van der Waals surface area contributed by atoms with Crippen LogP contribution in [0.5, 0.6) is 0 Å². The summed E-state index contributed by atoms with van der Waals surface area (Å²) in [5.74, 6) is 0. The van der Waals surface area contributed by atoms with Crippen molar-refractivity contribution in [2.45, 2.75) is 43.5 Å². The summed E-state index contributed by atoms with van der Waals surface area (Å²) in [5.41, 5.74) is -2.59. The van der Waals surface area contributed by atoms with Crippen LogP contribution in [0.3, 0.4) is 0 Å². The lowest BCUT2D eigenvalue weighted by Gasteiger charge is -2.35. The molecule has 1 heterocycles. The zero-order chi connectivity index (χ0) is 14.3. The van der Waals surface area contributed by atoms with Gasteiger partial charge in [-0.15, -0.1) is 0 Å². The van der Waals surface area contributed by atoms with E-state index in [2.05, 4.69) is 14.8 Å². The zero-order valence-corrected chi connectivity index (χ0v) is 13.3. The summed E-state index contributed by atoms with van der Waals surface area (Å²) in [7, 11) is -3.04. The Morgan fingerprint density at radius 1 is 1.26 bits per heavy atom. The number of allylic oxidation sites excluding steroid dienone is 1. The maximum atomic E-state index is 13.6. The third-order valence-corrected chi connectivity index (χ3v) is 9.39. The Morgan fingerprint density at radius 2 is 1.95 bits per heavy atom. The minimum absolute atomic E-state index is 0.408. The van der Waals surface area contributed by atoms with Crippen LogP contribution in [0.2, 0.25) is 0 Å². The maximum Gasteiger partial charge on any atom is 0.442 e. The highest BCUT2D eigenvalue weighted by molar-refractivity contribution is 9.59. The number of benzene rings is 1. The molecule has 0 saturated carbocycles. The second-order valence-electron chi connectivity index (χ2n) is 4.68. The van der Waals surface area contributed by atoms with Gasteiger partial charge in [0.1, 0.15) is 0 Å². The van der Waals surface area contributed by atoms with Crippen molar-refractivity contribution in [2.24, 2.45) is 0 Å². The summed E-state index contributed by atoms with van der Waals surface area (Å²) in [6.07, 6.45) is 3.94. The molecule has 1 aliphatic heterocycles. The lowest BCUT2D eigenvalue weighted by molar-refractivity contribution is -0.0355. The zero-order valence-electron chi connectivity index (χ0n) is 10.9. The van der Waals surface area contributed by atoms with E-state index in [1.54, 1.807) is 18.2 Å². The molecule has 1 aliphatic rings. The van der Waals surface area contributed by atoms with Gasteiger partial charge in [-0.25, -0.2) is 0 Å².